The van der Waals surface area contributed by atoms with Crippen LogP contribution >= 0.6 is 27.5 Å². The van der Waals surface area contributed by atoms with Crippen LogP contribution in [-0.2, 0) is 4.79 Å². The van der Waals surface area contributed by atoms with Gasteiger partial charge in [0.1, 0.15) is 6.04 Å². The first kappa shape index (κ1) is 13.9. The Bertz CT molecular complexity index is 589. The van der Waals surface area contributed by atoms with E-state index in [-0.39, 0.29) is 0 Å². The van der Waals surface area contributed by atoms with Gasteiger partial charge in [-0.15, -0.1) is 0 Å². The lowest BCUT2D eigenvalue weighted by Gasteiger charge is -2.18. The van der Waals surface area contributed by atoms with Crippen molar-refractivity contribution in [2.75, 3.05) is 5.32 Å². The summed E-state index contributed by atoms with van der Waals surface area (Å²) in [5, 5.41) is 3.57. The fourth-order valence-corrected chi connectivity index (χ4v) is 2.52. The molecule has 2 rings (SSSR count). The second kappa shape index (κ2) is 6.08. The molecule has 98 valence electrons. The number of nitrogens with two attached hydrogens (primary N) is 1. The summed E-state index contributed by atoms with van der Waals surface area (Å²) in [5.74, 6) is -0.479. The summed E-state index contributed by atoms with van der Waals surface area (Å²) in [6, 6.07) is 14.1. The molecule has 2 aromatic rings. The van der Waals surface area contributed by atoms with Crippen LogP contribution in [0.5, 0.6) is 0 Å². The van der Waals surface area contributed by atoms with E-state index < -0.39 is 11.9 Å². The van der Waals surface area contributed by atoms with Crippen LogP contribution in [-0.4, -0.2) is 5.91 Å². The molecule has 0 aliphatic heterocycles. The molecule has 0 saturated heterocycles. The number of anilines is 1. The van der Waals surface area contributed by atoms with E-state index in [2.05, 4.69) is 21.2 Å². The fourth-order valence-electron chi connectivity index (χ4n) is 1.74. The Morgan fingerprint density at radius 2 is 1.89 bits per heavy atom. The lowest BCUT2D eigenvalue weighted by Crippen LogP contribution is -2.28. The highest BCUT2D eigenvalue weighted by Crippen LogP contribution is 2.28. The fraction of sp³-hybridized carbons (Fsp3) is 0.0714. The standard InChI is InChI=1S/C14H12BrClN2O/c15-9-6-7-11(12(16)8-9)13(14(17)19)18-10-4-2-1-3-5-10/h1-8,13,18H,(H2,17,19). The van der Waals surface area contributed by atoms with Gasteiger partial charge in [0.05, 0.1) is 0 Å². The number of nitrogens with one attached hydrogen (secondary N) is 1. The van der Waals surface area contributed by atoms with E-state index in [4.69, 9.17) is 17.3 Å². The minimum Gasteiger partial charge on any atom is -0.370 e. The topological polar surface area (TPSA) is 55.1 Å². The average Bonchev–Trinajstić information content (AvgIpc) is 2.38. The van der Waals surface area contributed by atoms with E-state index in [0.29, 0.717) is 10.6 Å². The number of rotatable bonds is 4. The van der Waals surface area contributed by atoms with Crippen LogP contribution in [0.2, 0.25) is 5.02 Å². The molecule has 0 aliphatic rings. The smallest absolute Gasteiger partial charge is 0.244 e. The van der Waals surface area contributed by atoms with E-state index in [0.717, 1.165) is 10.2 Å². The molecule has 0 heterocycles. The number of hydrogen-bond acceptors (Lipinski definition) is 2. The summed E-state index contributed by atoms with van der Waals surface area (Å²) in [6.45, 7) is 0. The molecule has 1 atom stereocenters. The molecule has 0 saturated carbocycles. The first-order valence-corrected chi connectivity index (χ1v) is 6.81. The van der Waals surface area contributed by atoms with Gasteiger partial charge in [0.2, 0.25) is 5.91 Å². The number of halogens is 2. The van der Waals surface area contributed by atoms with Crippen LogP contribution in [0.25, 0.3) is 0 Å². The van der Waals surface area contributed by atoms with Crippen molar-refractivity contribution in [3.63, 3.8) is 0 Å². The highest BCUT2D eigenvalue weighted by atomic mass is 79.9. The van der Waals surface area contributed by atoms with Gasteiger partial charge in [-0.3, -0.25) is 4.79 Å². The number of primary amides is 1. The van der Waals surface area contributed by atoms with Gasteiger partial charge in [0.15, 0.2) is 0 Å². The predicted octanol–water partition coefficient (Wildman–Crippen LogP) is 3.74. The molecule has 19 heavy (non-hydrogen) atoms. The second-order valence-electron chi connectivity index (χ2n) is 4.01. The van der Waals surface area contributed by atoms with Crippen molar-refractivity contribution in [2.24, 2.45) is 5.73 Å². The molecule has 5 heteroatoms. The van der Waals surface area contributed by atoms with E-state index in [1.807, 2.05) is 36.4 Å². The van der Waals surface area contributed by atoms with E-state index in [9.17, 15) is 4.79 Å². The van der Waals surface area contributed by atoms with E-state index in [1.54, 1.807) is 12.1 Å². The molecule has 1 unspecified atom stereocenters. The summed E-state index contributed by atoms with van der Waals surface area (Å²) in [6.07, 6.45) is 0. The SMILES string of the molecule is NC(=O)C(Nc1ccccc1)c1ccc(Br)cc1Cl. The lowest BCUT2D eigenvalue weighted by molar-refractivity contribution is -0.118. The Hall–Kier alpha value is -1.52. The van der Waals surface area contributed by atoms with Gasteiger partial charge in [-0.2, -0.15) is 0 Å². The van der Waals surface area contributed by atoms with Crippen molar-refractivity contribution >= 4 is 39.1 Å². The number of para-hydroxylation sites is 1. The molecule has 0 aromatic heterocycles. The molecule has 0 aliphatic carbocycles. The Morgan fingerprint density at radius 1 is 1.21 bits per heavy atom. The third-order valence-corrected chi connectivity index (χ3v) is 3.46. The van der Waals surface area contributed by atoms with Gasteiger partial charge >= 0.3 is 0 Å². The molecular weight excluding hydrogens is 328 g/mol. The van der Waals surface area contributed by atoms with Crippen LogP contribution in [0, 0.1) is 0 Å². The monoisotopic (exact) mass is 338 g/mol. The molecule has 0 spiro atoms. The lowest BCUT2D eigenvalue weighted by atomic mass is 10.1. The number of amides is 1. The summed E-state index contributed by atoms with van der Waals surface area (Å²) in [5.41, 5.74) is 6.92. The zero-order valence-corrected chi connectivity index (χ0v) is 12.3. The van der Waals surface area contributed by atoms with Crippen molar-refractivity contribution in [2.45, 2.75) is 6.04 Å². The van der Waals surface area contributed by atoms with Crippen LogP contribution in [0.4, 0.5) is 5.69 Å². The number of hydrogen-bond donors (Lipinski definition) is 2. The van der Waals surface area contributed by atoms with Gasteiger partial charge < -0.3 is 11.1 Å². The highest BCUT2D eigenvalue weighted by molar-refractivity contribution is 9.10. The third kappa shape index (κ3) is 3.49. The Kier molecular flexibility index (Phi) is 4.45. The van der Waals surface area contributed by atoms with Crippen LogP contribution in [0.1, 0.15) is 11.6 Å². The molecule has 0 fully saturated rings. The molecule has 2 aromatic carbocycles. The molecule has 0 radical (unpaired) electrons. The first-order valence-electron chi connectivity index (χ1n) is 5.64. The molecular formula is C14H12BrClN2O. The Balaban J connectivity index is 2.33. The summed E-state index contributed by atoms with van der Waals surface area (Å²) in [4.78, 5) is 11.6. The van der Waals surface area contributed by atoms with Gasteiger partial charge in [0, 0.05) is 20.7 Å². The van der Waals surface area contributed by atoms with Crippen LogP contribution < -0.4 is 11.1 Å². The van der Waals surface area contributed by atoms with Crippen LogP contribution in [0.3, 0.4) is 0 Å². The molecule has 3 N–H and O–H groups in total. The van der Waals surface area contributed by atoms with E-state index >= 15 is 0 Å². The molecule has 0 bridgehead atoms. The first-order chi connectivity index (χ1) is 9.08. The van der Waals surface area contributed by atoms with Crippen molar-refractivity contribution in [1.82, 2.24) is 0 Å². The number of benzene rings is 2. The predicted molar refractivity (Wildman–Crippen MR) is 81.2 cm³/mol. The summed E-state index contributed by atoms with van der Waals surface area (Å²) >= 11 is 9.49. The minimum absolute atomic E-state index is 0.479. The average molecular weight is 340 g/mol. The van der Waals surface area contributed by atoms with Gasteiger partial charge in [0.25, 0.3) is 0 Å². The van der Waals surface area contributed by atoms with Crippen molar-refractivity contribution in [3.8, 4) is 0 Å². The van der Waals surface area contributed by atoms with Gasteiger partial charge in [-0.25, -0.2) is 0 Å². The Labute approximate surface area is 124 Å². The number of carbonyl (C=O) groups is 1. The zero-order chi connectivity index (χ0) is 13.8. The quantitative estimate of drug-likeness (QED) is 0.891. The largest absolute Gasteiger partial charge is 0.370 e. The van der Waals surface area contributed by atoms with Crippen LogP contribution in [0.15, 0.2) is 53.0 Å². The summed E-state index contributed by atoms with van der Waals surface area (Å²) in [7, 11) is 0. The van der Waals surface area contributed by atoms with Crippen molar-refractivity contribution < 1.29 is 4.79 Å². The summed E-state index contributed by atoms with van der Waals surface area (Å²) < 4.78 is 0.851. The van der Waals surface area contributed by atoms with Gasteiger partial charge in [-0.05, 0) is 24.3 Å². The van der Waals surface area contributed by atoms with E-state index in [1.165, 1.54) is 0 Å². The number of carbonyl (C=O) groups excluding carboxylic acids is 1. The maximum Gasteiger partial charge on any atom is 0.244 e. The Morgan fingerprint density at radius 3 is 2.47 bits per heavy atom. The second-order valence-corrected chi connectivity index (χ2v) is 5.33. The maximum absolute atomic E-state index is 11.6. The normalized spacial score (nSPS) is 11.9. The zero-order valence-electron chi connectivity index (χ0n) is 9.94. The minimum atomic E-state index is -0.664. The highest BCUT2D eigenvalue weighted by Gasteiger charge is 2.20. The molecule has 3 nitrogen and oxygen atoms in total. The molecule has 1 amide bonds. The maximum atomic E-state index is 11.6. The van der Waals surface area contributed by atoms with Crippen molar-refractivity contribution in [1.29, 1.82) is 0 Å². The third-order valence-electron chi connectivity index (χ3n) is 2.64. The van der Waals surface area contributed by atoms with Crippen molar-refractivity contribution in [3.05, 3.63) is 63.6 Å². The van der Waals surface area contributed by atoms with Gasteiger partial charge in [-0.1, -0.05) is 51.8 Å².